The van der Waals surface area contributed by atoms with Gasteiger partial charge in [-0.05, 0) is 17.2 Å². The average Bonchev–Trinajstić information content (AvgIpc) is 3.04. The fourth-order valence-corrected chi connectivity index (χ4v) is 2.73. The van der Waals surface area contributed by atoms with Crippen LogP contribution < -0.4 is 4.74 Å². The first-order valence-corrected chi connectivity index (χ1v) is 7.89. The molecule has 1 aliphatic rings. The number of aliphatic hydroxyl groups excluding tert-OH is 1. The van der Waals surface area contributed by atoms with Crippen molar-refractivity contribution in [1.82, 2.24) is 9.88 Å². The van der Waals surface area contributed by atoms with Gasteiger partial charge in [0.1, 0.15) is 6.10 Å². The molecule has 0 aliphatic carbocycles. The van der Waals surface area contributed by atoms with Gasteiger partial charge in [0.15, 0.2) is 0 Å². The van der Waals surface area contributed by atoms with Crippen LogP contribution in [-0.2, 0) is 17.8 Å². The summed E-state index contributed by atoms with van der Waals surface area (Å²) in [5, 5.41) is 9.03. The molecule has 1 aromatic heterocycles. The Morgan fingerprint density at radius 2 is 2.00 bits per heavy atom. The van der Waals surface area contributed by atoms with Gasteiger partial charge < -0.3 is 14.7 Å². The summed E-state index contributed by atoms with van der Waals surface area (Å²) >= 11 is 0. The lowest BCUT2D eigenvalue weighted by atomic mass is 10.1. The molecule has 1 amide bonds. The van der Waals surface area contributed by atoms with E-state index in [0.29, 0.717) is 25.9 Å². The Balaban J connectivity index is 1.53. The maximum absolute atomic E-state index is 13.1. The molecule has 3 rings (SSSR count). The van der Waals surface area contributed by atoms with E-state index in [1.54, 1.807) is 17.0 Å². The molecule has 2 heterocycles. The van der Waals surface area contributed by atoms with Crippen LogP contribution in [0.1, 0.15) is 17.5 Å². The van der Waals surface area contributed by atoms with Crippen molar-refractivity contribution < 1.29 is 19.0 Å². The number of aromatic nitrogens is 1. The number of hydrogen-bond acceptors (Lipinski definition) is 4. The van der Waals surface area contributed by atoms with Crippen LogP contribution in [0.25, 0.3) is 0 Å². The van der Waals surface area contributed by atoms with Crippen LogP contribution in [0, 0.1) is 5.95 Å². The summed E-state index contributed by atoms with van der Waals surface area (Å²) in [7, 11) is 0. The minimum atomic E-state index is -0.579. The van der Waals surface area contributed by atoms with Gasteiger partial charge in [0.2, 0.25) is 17.7 Å². The standard InChI is InChI=1S/C18H19FN2O3/c19-16-2-1-3-17(20-16)24-15-8-9-21(11-15)18(23)10-13-4-6-14(12-22)7-5-13/h1-7,15,22H,8-12H2. The monoisotopic (exact) mass is 330 g/mol. The lowest BCUT2D eigenvalue weighted by molar-refractivity contribution is -0.129. The number of ether oxygens (including phenoxy) is 1. The number of aliphatic hydroxyl groups is 1. The summed E-state index contributed by atoms with van der Waals surface area (Å²) in [4.78, 5) is 17.8. The van der Waals surface area contributed by atoms with Crippen LogP contribution in [0.5, 0.6) is 5.88 Å². The number of rotatable bonds is 5. The molecule has 0 radical (unpaired) electrons. The van der Waals surface area contributed by atoms with Gasteiger partial charge in [-0.15, -0.1) is 0 Å². The number of pyridine rings is 1. The molecular weight excluding hydrogens is 311 g/mol. The second-order valence-electron chi connectivity index (χ2n) is 5.82. The highest BCUT2D eigenvalue weighted by Crippen LogP contribution is 2.18. The van der Waals surface area contributed by atoms with Crippen LogP contribution in [0.4, 0.5) is 4.39 Å². The molecule has 1 fully saturated rings. The quantitative estimate of drug-likeness (QED) is 0.851. The highest BCUT2D eigenvalue weighted by atomic mass is 19.1. The molecule has 1 N–H and O–H groups in total. The summed E-state index contributed by atoms with van der Waals surface area (Å²) in [6.45, 7) is 1.09. The van der Waals surface area contributed by atoms with Gasteiger partial charge in [-0.2, -0.15) is 9.37 Å². The molecule has 0 bridgehead atoms. The molecule has 0 spiro atoms. The summed E-state index contributed by atoms with van der Waals surface area (Å²) in [6, 6.07) is 11.7. The molecule has 0 saturated carbocycles. The zero-order valence-electron chi connectivity index (χ0n) is 13.2. The lowest BCUT2D eigenvalue weighted by Crippen LogP contribution is -2.32. The van der Waals surface area contributed by atoms with E-state index in [1.165, 1.54) is 6.07 Å². The second-order valence-corrected chi connectivity index (χ2v) is 5.82. The number of amides is 1. The summed E-state index contributed by atoms with van der Waals surface area (Å²) in [5.41, 5.74) is 1.73. The van der Waals surface area contributed by atoms with Gasteiger partial charge >= 0.3 is 0 Å². The van der Waals surface area contributed by atoms with E-state index in [9.17, 15) is 9.18 Å². The van der Waals surface area contributed by atoms with Crippen LogP contribution in [0.15, 0.2) is 42.5 Å². The molecule has 5 nitrogen and oxygen atoms in total. The Labute approximate surface area is 139 Å². The molecule has 6 heteroatoms. The van der Waals surface area contributed by atoms with Crippen molar-refractivity contribution in [2.75, 3.05) is 13.1 Å². The lowest BCUT2D eigenvalue weighted by Gasteiger charge is -2.17. The average molecular weight is 330 g/mol. The van der Waals surface area contributed by atoms with Gasteiger partial charge in [-0.25, -0.2) is 0 Å². The minimum Gasteiger partial charge on any atom is -0.472 e. The molecule has 1 saturated heterocycles. The van der Waals surface area contributed by atoms with Crippen molar-refractivity contribution in [2.24, 2.45) is 0 Å². The van der Waals surface area contributed by atoms with Crippen LogP contribution in [0.3, 0.4) is 0 Å². The Bertz CT molecular complexity index is 706. The van der Waals surface area contributed by atoms with E-state index < -0.39 is 5.95 Å². The number of likely N-dealkylation sites (tertiary alicyclic amines) is 1. The number of carbonyl (C=O) groups excluding carboxylic acids is 1. The summed E-state index contributed by atoms with van der Waals surface area (Å²) in [5.74, 6) is -0.302. The van der Waals surface area contributed by atoms with E-state index >= 15 is 0 Å². The van der Waals surface area contributed by atoms with E-state index in [0.717, 1.165) is 11.1 Å². The Morgan fingerprint density at radius 3 is 2.71 bits per heavy atom. The highest BCUT2D eigenvalue weighted by molar-refractivity contribution is 5.79. The van der Waals surface area contributed by atoms with E-state index in [4.69, 9.17) is 9.84 Å². The van der Waals surface area contributed by atoms with Crippen molar-refractivity contribution >= 4 is 5.91 Å². The molecule has 2 aromatic rings. The molecule has 1 atom stereocenters. The zero-order chi connectivity index (χ0) is 16.9. The van der Waals surface area contributed by atoms with Crippen molar-refractivity contribution in [2.45, 2.75) is 25.6 Å². The Morgan fingerprint density at radius 1 is 1.25 bits per heavy atom. The number of carbonyl (C=O) groups is 1. The first-order valence-electron chi connectivity index (χ1n) is 7.89. The fraction of sp³-hybridized carbons (Fsp3) is 0.333. The zero-order valence-corrected chi connectivity index (χ0v) is 13.2. The summed E-state index contributed by atoms with van der Waals surface area (Å²) < 4.78 is 18.7. The van der Waals surface area contributed by atoms with Gasteiger partial charge in [0, 0.05) is 19.0 Å². The van der Waals surface area contributed by atoms with E-state index in [2.05, 4.69) is 4.98 Å². The molecular formula is C18H19FN2O3. The van der Waals surface area contributed by atoms with Crippen molar-refractivity contribution in [3.63, 3.8) is 0 Å². The highest BCUT2D eigenvalue weighted by Gasteiger charge is 2.27. The van der Waals surface area contributed by atoms with Gasteiger partial charge in [0.25, 0.3) is 0 Å². The SMILES string of the molecule is O=C(Cc1ccc(CO)cc1)N1CCC(Oc2cccc(F)n2)C1. The fourth-order valence-electron chi connectivity index (χ4n) is 2.73. The van der Waals surface area contributed by atoms with Crippen molar-refractivity contribution in [3.05, 3.63) is 59.5 Å². The van der Waals surface area contributed by atoms with Crippen LogP contribution >= 0.6 is 0 Å². The maximum atomic E-state index is 13.1. The molecule has 1 aromatic carbocycles. The third-order valence-electron chi connectivity index (χ3n) is 4.04. The molecule has 126 valence electrons. The maximum Gasteiger partial charge on any atom is 0.227 e. The Kier molecular flexibility index (Phi) is 5.05. The first kappa shape index (κ1) is 16.4. The third kappa shape index (κ3) is 4.08. The predicted molar refractivity (Wildman–Crippen MR) is 85.9 cm³/mol. The summed E-state index contributed by atoms with van der Waals surface area (Å²) in [6.07, 6.45) is 0.851. The van der Waals surface area contributed by atoms with Crippen LogP contribution in [0.2, 0.25) is 0 Å². The van der Waals surface area contributed by atoms with Crippen LogP contribution in [-0.4, -0.2) is 40.1 Å². The topological polar surface area (TPSA) is 62.7 Å². The molecule has 24 heavy (non-hydrogen) atoms. The smallest absolute Gasteiger partial charge is 0.227 e. The van der Waals surface area contributed by atoms with Crippen molar-refractivity contribution in [3.8, 4) is 5.88 Å². The van der Waals surface area contributed by atoms with E-state index in [-0.39, 0.29) is 24.5 Å². The number of halogens is 1. The largest absolute Gasteiger partial charge is 0.472 e. The Hall–Kier alpha value is -2.47. The normalized spacial score (nSPS) is 17.1. The van der Waals surface area contributed by atoms with Crippen molar-refractivity contribution in [1.29, 1.82) is 0 Å². The third-order valence-corrected chi connectivity index (χ3v) is 4.04. The van der Waals surface area contributed by atoms with E-state index in [1.807, 2.05) is 24.3 Å². The minimum absolute atomic E-state index is 0.00646. The van der Waals surface area contributed by atoms with Gasteiger partial charge in [0.05, 0.1) is 19.6 Å². The van der Waals surface area contributed by atoms with Gasteiger partial charge in [-0.3, -0.25) is 4.79 Å². The first-order chi connectivity index (χ1) is 11.6. The number of nitrogens with zero attached hydrogens (tertiary/aromatic N) is 2. The van der Waals surface area contributed by atoms with Gasteiger partial charge in [-0.1, -0.05) is 30.3 Å². The number of hydrogen-bond donors (Lipinski definition) is 1. The predicted octanol–water partition coefficient (Wildman–Crippen LogP) is 1.94. The second kappa shape index (κ2) is 7.40. The molecule has 1 aliphatic heterocycles. The number of benzene rings is 1. The molecule has 1 unspecified atom stereocenters.